The Bertz CT molecular complexity index is 942. The normalized spacial score (nSPS) is 12.8. The maximum absolute atomic E-state index is 11.1. The van der Waals surface area contributed by atoms with E-state index in [1.165, 1.54) is 51.4 Å². The van der Waals surface area contributed by atoms with Gasteiger partial charge < -0.3 is 10.0 Å². The van der Waals surface area contributed by atoms with Crippen molar-refractivity contribution in [2.24, 2.45) is 0 Å². The molecule has 0 aromatic heterocycles. The number of halogens is 1. The Morgan fingerprint density at radius 1 is 0.774 bits per heavy atom. The van der Waals surface area contributed by atoms with Crippen molar-refractivity contribution in [3.63, 3.8) is 0 Å². The van der Waals surface area contributed by atoms with E-state index >= 15 is 0 Å². The molecule has 3 heteroatoms. The van der Waals surface area contributed by atoms with Gasteiger partial charge in [0, 0.05) is 17.0 Å². The fraction of sp³-hybridized carbons (Fsp3) is 0.500. The number of rotatable bonds is 13. The molecule has 0 aliphatic heterocycles. The zero-order valence-corrected chi connectivity index (χ0v) is 20.0. The van der Waals surface area contributed by atoms with Gasteiger partial charge in [-0.2, -0.15) is 0 Å². The summed E-state index contributed by atoms with van der Waals surface area (Å²) >= 11 is 6.49. The minimum Gasteiger partial charge on any atom is -0.387 e. The van der Waals surface area contributed by atoms with E-state index in [0.29, 0.717) is 6.54 Å². The van der Waals surface area contributed by atoms with Crippen molar-refractivity contribution in [3.8, 4) is 0 Å². The Balaban J connectivity index is 1.75. The third-order valence-electron chi connectivity index (χ3n) is 6.31. The van der Waals surface area contributed by atoms with Crippen LogP contribution in [0.4, 0.5) is 0 Å². The molecular formula is C28H38ClNO. The summed E-state index contributed by atoms with van der Waals surface area (Å²) in [5.41, 5.74) is 0.993. The third-order valence-corrected chi connectivity index (χ3v) is 6.62. The molecule has 0 saturated carbocycles. The number of fused-ring (bicyclic) bond motifs is 3. The van der Waals surface area contributed by atoms with Crippen molar-refractivity contribution in [1.29, 1.82) is 0 Å². The Kier molecular flexibility index (Phi) is 9.64. The second kappa shape index (κ2) is 12.4. The lowest BCUT2D eigenvalue weighted by Gasteiger charge is -2.25. The van der Waals surface area contributed by atoms with Gasteiger partial charge in [-0.1, -0.05) is 100 Å². The molecule has 1 N–H and O–H groups in total. The predicted octanol–water partition coefficient (Wildman–Crippen LogP) is 8.14. The quantitative estimate of drug-likeness (QED) is 0.214. The Hall–Kier alpha value is -1.61. The summed E-state index contributed by atoms with van der Waals surface area (Å²) in [5.74, 6) is 0. The van der Waals surface area contributed by atoms with Crippen LogP contribution in [0.15, 0.2) is 48.5 Å². The van der Waals surface area contributed by atoms with Crippen LogP contribution in [-0.4, -0.2) is 29.6 Å². The first kappa shape index (κ1) is 24.0. The summed E-state index contributed by atoms with van der Waals surface area (Å²) in [6.45, 7) is 7.37. The molecule has 2 nitrogen and oxygen atoms in total. The molecule has 0 bridgehead atoms. The molecule has 0 saturated heterocycles. The van der Waals surface area contributed by atoms with E-state index in [2.05, 4.69) is 55.1 Å². The Morgan fingerprint density at radius 2 is 1.42 bits per heavy atom. The van der Waals surface area contributed by atoms with E-state index in [4.69, 9.17) is 11.6 Å². The van der Waals surface area contributed by atoms with Crippen LogP contribution in [0.1, 0.15) is 76.9 Å². The number of hydrogen-bond acceptors (Lipinski definition) is 2. The highest BCUT2D eigenvalue weighted by Gasteiger charge is 2.15. The molecular weight excluding hydrogens is 402 g/mol. The topological polar surface area (TPSA) is 23.5 Å². The van der Waals surface area contributed by atoms with Gasteiger partial charge in [-0.25, -0.2) is 0 Å². The van der Waals surface area contributed by atoms with Gasteiger partial charge in [0.1, 0.15) is 0 Å². The van der Waals surface area contributed by atoms with Crippen LogP contribution in [0.2, 0.25) is 5.02 Å². The van der Waals surface area contributed by atoms with Gasteiger partial charge in [0.2, 0.25) is 0 Å². The van der Waals surface area contributed by atoms with E-state index in [1.54, 1.807) is 0 Å². The van der Waals surface area contributed by atoms with Crippen LogP contribution in [0, 0.1) is 0 Å². The molecule has 0 fully saturated rings. The largest absolute Gasteiger partial charge is 0.387 e. The molecule has 0 aliphatic carbocycles. The summed E-state index contributed by atoms with van der Waals surface area (Å²) in [4.78, 5) is 2.47. The number of hydrogen-bond donors (Lipinski definition) is 1. The van der Waals surface area contributed by atoms with Crippen LogP contribution in [0.5, 0.6) is 0 Å². The van der Waals surface area contributed by atoms with E-state index in [-0.39, 0.29) is 0 Å². The first-order valence-corrected chi connectivity index (χ1v) is 12.5. The maximum Gasteiger partial charge on any atom is 0.0917 e. The smallest absolute Gasteiger partial charge is 0.0917 e. The summed E-state index contributed by atoms with van der Waals surface area (Å²) in [6.07, 6.45) is 9.63. The number of unbranched alkanes of at least 4 members (excludes halogenated alkanes) is 6. The van der Waals surface area contributed by atoms with E-state index in [9.17, 15) is 5.11 Å². The van der Waals surface area contributed by atoms with Gasteiger partial charge in [-0.05, 0) is 59.8 Å². The molecule has 0 amide bonds. The molecule has 3 aromatic carbocycles. The van der Waals surface area contributed by atoms with E-state index < -0.39 is 6.10 Å². The van der Waals surface area contributed by atoms with Crippen LogP contribution in [0.3, 0.4) is 0 Å². The van der Waals surface area contributed by atoms with Gasteiger partial charge in [0.05, 0.1) is 6.10 Å². The Labute approximate surface area is 193 Å². The van der Waals surface area contributed by atoms with Crippen molar-refractivity contribution < 1.29 is 5.11 Å². The van der Waals surface area contributed by atoms with Crippen molar-refractivity contribution >= 4 is 33.1 Å². The average Bonchev–Trinajstić information content (AvgIpc) is 2.79. The number of aliphatic hydroxyl groups is 1. The highest BCUT2D eigenvalue weighted by molar-refractivity contribution is 6.37. The fourth-order valence-corrected chi connectivity index (χ4v) is 4.73. The first-order chi connectivity index (χ1) is 15.1. The summed E-state index contributed by atoms with van der Waals surface area (Å²) in [7, 11) is 0. The Morgan fingerprint density at radius 3 is 2.06 bits per heavy atom. The summed E-state index contributed by atoms with van der Waals surface area (Å²) in [6, 6.07) is 16.6. The number of aliphatic hydroxyl groups excluding tert-OH is 1. The first-order valence-electron chi connectivity index (χ1n) is 12.1. The van der Waals surface area contributed by atoms with Crippen LogP contribution in [0.25, 0.3) is 21.5 Å². The molecule has 1 unspecified atom stereocenters. The number of benzene rings is 3. The summed E-state index contributed by atoms with van der Waals surface area (Å²) in [5, 5.41) is 16.4. The van der Waals surface area contributed by atoms with E-state index in [0.717, 1.165) is 45.2 Å². The zero-order chi connectivity index (χ0) is 22.1. The molecule has 3 aromatic rings. The molecule has 3 rings (SSSR count). The zero-order valence-electron chi connectivity index (χ0n) is 19.2. The summed E-state index contributed by atoms with van der Waals surface area (Å²) < 4.78 is 0. The molecule has 168 valence electrons. The van der Waals surface area contributed by atoms with Crippen LogP contribution >= 0.6 is 11.6 Å². The van der Waals surface area contributed by atoms with Gasteiger partial charge in [-0.3, -0.25) is 0 Å². The molecule has 0 heterocycles. The van der Waals surface area contributed by atoms with Gasteiger partial charge in [0.25, 0.3) is 0 Å². The second-order valence-corrected chi connectivity index (χ2v) is 9.23. The molecule has 1 atom stereocenters. The minimum absolute atomic E-state index is 0.476. The van der Waals surface area contributed by atoms with Crippen LogP contribution < -0.4 is 0 Å². The fourth-order valence-electron chi connectivity index (χ4n) is 4.45. The lowest BCUT2D eigenvalue weighted by Crippen LogP contribution is -2.31. The highest BCUT2D eigenvalue weighted by Crippen LogP contribution is 2.33. The molecule has 0 aliphatic rings. The van der Waals surface area contributed by atoms with Crippen molar-refractivity contribution in [2.75, 3.05) is 19.6 Å². The van der Waals surface area contributed by atoms with Gasteiger partial charge in [-0.15, -0.1) is 0 Å². The number of nitrogens with zero attached hydrogens (tertiary/aromatic N) is 1. The lowest BCUT2D eigenvalue weighted by atomic mass is 9.98. The standard InChI is InChI=1S/C28H38ClNO/c1-3-5-7-11-17-30(18-12-8-6-4-2)21-28(31)23-16-15-22-20-27(29)25-14-10-9-13-24(25)26(22)19-23/h9-10,13-16,19-20,28,31H,3-8,11-12,17-18,21H2,1-2H3. The van der Waals surface area contributed by atoms with Crippen molar-refractivity contribution in [1.82, 2.24) is 4.90 Å². The SMILES string of the molecule is CCCCCCN(CCCCCC)CC(O)c1ccc2cc(Cl)c3ccccc3c2c1. The second-order valence-electron chi connectivity index (χ2n) is 8.82. The van der Waals surface area contributed by atoms with E-state index in [1.807, 2.05) is 12.1 Å². The van der Waals surface area contributed by atoms with Gasteiger partial charge >= 0.3 is 0 Å². The monoisotopic (exact) mass is 439 g/mol. The third kappa shape index (κ3) is 6.68. The van der Waals surface area contributed by atoms with Gasteiger partial charge in [0.15, 0.2) is 0 Å². The molecule has 0 radical (unpaired) electrons. The molecule has 0 spiro atoms. The predicted molar refractivity (Wildman–Crippen MR) is 136 cm³/mol. The van der Waals surface area contributed by atoms with Crippen LogP contribution in [-0.2, 0) is 0 Å². The molecule has 31 heavy (non-hydrogen) atoms. The van der Waals surface area contributed by atoms with Crippen molar-refractivity contribution in [3.05, 3.63) is 59.1 Å². The lowest BCUT2D eigenvalue weighted by molar-refractivity contribution is 0.110. The highest BCUT2D eigenvalue weighted by atomic mass is 35.5. The average molecular weight is 440 g/mol. The van der Waals surface area contributed by atoms with Crippen molar-refractivity contribution in [2.45, 2.75) is 71.3 Å². The maximum atomic E-state index is 11.1. The minimum atomic E-state index is -0.476.